The number of aromatic nitrogens is 3. The lowest BCUT2D eigenvalue weighted by Gasteiger charge is -2.09. The van der Waals surface area contributed by atoms with Gasteiger partial charge in [0, 0.05) is 29.2 Å². The molecule has 0 aliphatic rings. The molecule has 100 valence electrons. The largest absolute Gasteiger partial charge is 0.340 e. The molecule has 0 amide bonds. The number of pyridine rings is 1. The van der Waals surface area contributed by atoms with Crippen LogP contribution in [-0.4, -0.2) is 14.8 Å². The van der Waals surface area contributed by atoms with Crippen molar-refractivity contribution in [1.82, 2.24) is 14.8 Å². The summed E-state index contributed by atoms with van der Waals surface area (Å²) >= 11 is 6.04. The lowest BCUT2D eigenvalue weighted by molar-refractivity contribution is 0.869. The second-order valence-corrected chi connectivity index (χ2v) is 4.86. The molecule has 3 aromatic rings. The van der Waals surface area contributed by atoms with Crippen molar-refractivity contribution in [2.75, 3.05) is 5.32 Å². The highest BCUT2D eigenvalue weighted by atomic mass is 35.5. The third-order valence-corrected chi connectivity index (χ3v) is 3.07. The number of nitrogens with zero attached hydrogens (tertiary/aromatic N) is 3. The van der Waals surface area contributed by atoms with Crippen LogP contribution in [0.25, 0.3) is 5.69 Å². The standard InChI is InChI=1S/C15H13ClN4/c1-11-9-15(18-13-5-7-17-8-6-13)20(19-11)14-4-2-3-12(16)10-14/h2-10H,1H3,(H,17,18). The maximum absolute atomic E-state index is 6.04. The predicted octanol–water partition coefficient (Wildman–Crippen LogP) is 3.97. The van der Waals surface area contributed by atoms with Gasteiger partial charge in [-0.2, -0.15) is 5.10 Å². The average Bonchev–Trinajstić information content (AvgIpc) is 2.81. The highest BCUT2D eigenvalue weighted by Gasteiger charge is 2.08. The zero-order chi connectivity index (χ0) is 13.9. The topological polar surface area (TPSA) is 42.7 Å². The minimum atomic E-state index is 0.686. The van der Waals surface area contributed by atoms with Crippen LogP contribution < -0.4 is 5.32 Å². The van der Waals surface area contributed by atoms with Gasteiger partial charge in [-0.05, 0) is 37.3 Å². The monoisotopic (exact) mass is 284 g/mol. The van der Waals surface area contributed by atoms with E-state index in [1.807, 2.05) is 54.1 Å². The number of anilines is 2. The SMILES string of the molecule is Cc1cc(Nc2ccncc2)n(-c2cccc(Cl)c2)n1. The maximum atomic E-state index is 6.04. The van der Waals surface area contributed by atoms with Gasteiger partial charge < -0.3 is 5.32 Å². The second-order valence-electron chi connectivity index (χ2n) is 4.42. The zero-order valence-corrected chi connectivity index (χ0v) is 11.7. The van der Waals surface area contributed by atoms with Gasteiger partial charge in [-0.1, -0.05) is 17.7 Å². The molecular weight excluding hydrogens is 272 g/mol. The molecule has 2 aromatic heterocycles. The van der Waals surface area contributed by atoms with Gasteiger partial charge in [-0.25, -0.2) is 4.68 Å². The summed E-state index contributed by atoms with van der Waals surface area (Å²) in [6.07, 6.45) is 3.49. The summed E-state index contributed by atoms with van der Waals surface area (Å²) in [5, 5.41) is 8.51. The number of aryl methyl sites for hydroxylation is 1. The molecule has 2 heterocycles. The maximum Gasteiger partial charge on any atom is 0.134 e. The molecule has 0 fully saturated rings. The van der Waals surface area contributed by atoms with E-state index in [1.165, 1.54) is 0 Å². The highest BCUT2D eigenvalue weighted by molar-refractivity contribution is 6.30. The average molecular weight is 285 g/mol. The van der Waals surface area contributed by atoms with Crippen LogP contribution in [0, 0.1) is 6.92 Å². The minimum Gasteiger partial charge on any atom is -0.340 e. The summed E-state index contributed by atoms with van der Waals surface area (Å²) < 4.78 is 1.83. The molecule has 3 rings (SSSR count). The van der Waals surface area contributed by atoms with Crippen LogP contribution in [0.4, 0.5) is 11.5 Å². The first-order valence-electron chi connectivity index (χ1n) is 6.22. The molecule has 0 atom stereocenters. The van der Waals surface area contributed by atoms with Crippen LogP contribution in [-0.2, 0) is 0 Å². The molecule has 20 heavy (non-hydrogen) atoms. The normalized spacial score (nSPS) is 10.5. The van der Waals surface area contributed by atoms with Crippen molar-refractivity contribution in [3.05, 3.63) is 65.6 Å². The van der Waals surface area contributed by atoms with Crippen LogP contribution in [0.2, 0.25) is 5.02 Å². The van der Waals surface area contributed by atoms with Gasteiger partial charge >= 0.3 is 0 Å². The van der Waals surface area contributed by atoms with E-state index in [1.54, 1.807) is 12.4 Å². The summed E-state index contributed by atoms with van der Waals surface area (Å²) in [6.45, 7) is 1.96. The van der Waals surface area contributed by atoms with E-state index < -0.39 is 0 Å². The molecule has 0 saturated heterocycles. The van der Waals surface area contributed by atoms with E-state index >= 15 is 0 Å². The Balaban J connectivity index is 2.00. The van der Waals surface area contributed by atoms with E-state index in [0.29, 0.717) is 5.02 Å². The Morgan fingerprint density at radius 3 is 2.65 bits per heavy atom. The molecule has 4 nitrogen and oxygen atoms in total. The van der Waals surface area contributed by atoms with Gasteiger partial charge in [0.2, 0.25) is 0 Å². The lowest BCUT2D eigenvalue weighted by atomic mass is 10.3. The number of hydrogen-bond acceptors (Lipinski definition) is 3. The summed E-state index contributed by atoms with van der Waals surface area (Å²) in [7, 11) is 0. The predicted molar refractivity (Wildman–Crippen MR) is 80.8 cm³/mol. The molecule has 1 N–H and O–H groups in total. The van der Waals surface area contributed by atoms with E-state index in [2.05, 4.69) is 15.4 Å². The second kappa shape index (κ2) is 5.35. The molecule has 1 aromatic carbocycles. The first kappa shape index (κ1) is 12.7. The van der Waals surface area contributed by atoms with Gasteiger partial charge in [-0.15, -0.1) is 0 Å². The Kier molecular flexibility index (Phi) is 3.39. The molecule has 0 saturated carbocycles. The van der Waals surface area contributed by atoms with Crippen LogP contribution >= 0.6 is 11.6 Å². The van der Waals surface area contributed by atoms with Crippen molar-refractivity contribution in [3.63, 3.8) is 0 Å². The summed E-state index contributed by atoms with van der Waals surface area (Å²) in [4.78, 5) is 4.00. The quantitative estimate of drug-likeness (QED) is 0.791. The molecule has 0 radical (unpaired) electrons. The molecular formula is C15H13ClN4. The third kappa shape index (κ3) is 2.65. The Hall–Kier alpha value is -2.33. The lowest BCUT2D eigenvalue weighted by Crippen LogP contribution is -2.02. The fraction of sp³-hybridized carbons (Fsp3) is 0.0667. The highest BCUT2D eigenvalue weighted by Crippen LogP contribution is 2.22. The van der Waals surface area contributed by atoms with Gasteiger partial charge in [0.1, 0.15) is 5.82 Å². The van der Waals surface area contributed by atoms with Crippen LogP contribution in [0.3, 0.4) is 0 Å². The van der Waals surface area contributed by atoms with Crippen LogP contribution in [0.15, 0.2) is 54.9 Å². The fourth-order valence-electron chi connectivity index (χ4n) is 1.98. The number of hydrogen-bond donors (Lipinski definition) is 1. The van der Waals surface area contributed by atoms with E-state index in [9.17, 15) is 0 Å². The molecule has 0 bridgehead atoms. The van der Waals surface area contributed by atoms with Gasteiger partial charge in [0.15, 0.2) is 0 Å². The van der Waals surface area contributed by atoms with Crippen LogP contribution in [0.1, 0.15) is 5.69 Å². The Labute approximate surface area is 122 Å². The first-order chi connectivity index (χ1) is 9.72. The number of benzene rings is 1. The van der Waals surface area contributed by atoms with E-state index in [-0.39, 0.29) is 0 Å². The zero-order valence-electron chi connectivity index (χ0n) is 10.9. The van der Waals surface area contributed by atoms with Crippen molar-refractivity contribution >= 4 is 23.1 Å². The van der Waals surface area contributed by atoms with E-state index in [4.69, 9.17) is 11.6 Å². The van der Waals surface area contributed by atoms with Gasteiger partial charge in [0.05, 0.1) is 11.4 Å². The summed E-state index contributed by atoms with van der Waals surface area (Å²) in [5.74, 6) is 0.885. The molecule has 0 spiro atoms. The van der Waals surface area contributed by atoms with Crippen molar-refractivity contribution in [1.29, 1.82) is 0 Å². The first-order valence-corrected chi connectivity index (χ1v) is 6.60. The third-order valence-electron chi connectivity index (χ3n) is 2.84. The number of nitrogens with one attached hydrogen (secondary N) is 1. The molecule has 0 aliphatic carbocycles. The Morgan fingerprint density at radius 2 is 1.90 bits per heavy atom. The number of rotatable bonds is 3. The molecule has 0 aliphatic heterocycles. The van der Waals surface area contributed by atoms with Gasteiger partial charge in [-0.3, -0.25) is 4.98 Å². The Morgan fingerprint density at radius 1 is 1.10 bits per heavy atom. The Bertz CT molecular complexity index is 722. The molecule has 5 heteroatoms. The van der Waals surface area contributed by atoms with Gasteiger partial charge in [0.25, 0.3) is 0 Å². The number of halogens is 1. The van der Waals surface area contributed by atoms with Crippen LogP contribution in [0.5, 0.6) is 0 Å². The molecule has 0 unspecified atom stereocenters. The van der Waals surface area contributed by atoms with Crippen molar-refractivity contribution in [2.45, 2.75) is 6.92 Å². The van der Waals surface area contributed by atoms with E-state index in [0.717, 1.165) is 22.9 Å². The minimum absolute atomic E-state index is 0.686. The summed E-state index contributed by atoms with van der Waals surface area (Å²) in [6, 6.07) is 13.4. The summed E-state index contributed by atoms with van der Waals surface area (Å²) in [5.41, 5.74) is 2.81. The van der Waals surface area contributed by atoms with Crippen molar-refractivity contribution in [2.24, 2.45) is 0 Å². The van der Waals surface area contributed by atoms with Crippen molar-refractivity contribution < 1.29 is 0 Å². The van der Waals surface area contributed by atoms with Crippen molar-refractivity contribution in [3.8, 4) is 5.69 Å². The smallest absolute Gasteiger partial charge is 0.134 e. The fourth-order valence-corrected chi connectivity index (χ4v) is 2.16.